The molecule has 3 aromatic carbocycles. The first-order valence-electron chi connectivity index (χ1n) is 9.62. The Labute approximate surface area is 173 Å². The van der Waals surface area contributed by atoms with Gasteiger partial charge in [-0.15, -0.1) is 0 Å². The highest BCUT2D eigenvalue weighted by Gasteiger charge is 2.15. The van der Waals surface area contributed by atoms with Gasteiger partial charge in [-0.1, -0.05) is 52.3 Å². The minimum Gasteiger partial charge on any atom is -0.215 e. The summed E-state index contributed by atoms with van der Waals surface area (Å²) in [7, 11) is 0. The fraction of sp³-hybridized carbons (Fsp3) is 0.167. The minimum absolute atomic E-state index is 0.908. The van der Waals surface area contributed by atoms with E-state index in [0.717, 1.165) is 41.7 Å². The lowest BCUT2D eigenvalue weighted by Gasteiger charge is -2.15. The van der Waals surface area contributed by atoms with Crippen LogP contribution in [0.2, 0.25) is 0 Å². The zero-order valence-corrected chi connectivity index (χ0v) is 17.1. The van der Waals surface area contributed by atoms with Crippen molar-refractivity contribution in [3.63, 3.8) is 0 Å². The van der Waals surface area contributed by atoms with Crippen LogP contribution in [-0.2, 0) is 25.7 Å². The van der Waals surface area contributed by atoms with Gasteiger partial charge in [0.25, 0.3) is 0 Å². The summed E-state index contributed by atoms with van der Waals surface area (Å²) >= 11 is 3.51. The molecule has 1 heterocycles. The van der Waals surface area contributed by atoms with Gasteiger partial charge in [-0.05, 0) is 78.3 Å². The molecule has 4 aliphatic rings. The molecule has 0 atom stereocenters. The fourth-order valence-corrected chi connectivity index (χ4v) is 4.11. The van der Waals surface area contributed by atoms with Gasteiger partial charge in [0.1, 0.15) is 6.33 Å². The zero-order valence-electron chi connectivity index (χ0n) is 15.5. The highest BCUT2D eigenvalue weighted by Crippen LogP contribution is 2.28. The van der Waals surface area contributed by atoms with Crippen molar-refractivity contribution < 1.29 is 0 Å². The summed E-state index contributed by atoms with van der Waals surface area (Å²) in [5.41, 5.74) is 7.64. The Hall–Kier alpha value is -2.72. The minimum atomic E-state index is 0.908. The first-order chi connectivity index (χ1) is 13.8. The summed E-state index contributed by atoms with van der Waals surface area (Å²) in [5, 5.41) is 4.51. The van der Waals surface area contributed by atoms with E-state index in [4.69, 9.17) is 0 Å². The van der Waals surface area contributed by atoms with Crippen LogP contribution in [0.1, 0.15) is 22.3 Å². The molecule has 8 rings (SSSR count). The number of rotatable bonds is 2. The second kappa shape index (κ2) is 7.36. The van der Waals surface area contributed by atoms with Gasteiger partial charge in [-0.3, -0.25) is 0 Å². The number of nitrogens with zero attached hydrogens (tertiary/aromatic N) is 3. The molecule has 4 heteroatoms. The number of aromatic nitrogens is 3. The van der Waals surface area contributed by atoms with Crippen LogP contribution in [0.3, 0.4) is 0 Å². The van der Waals surface area contributed by atoms with Crippen LogP contribution < -0.4 is 0 Å². The Bertz CT molecular complexity index is 1110. The fourth-order valence-electron chi connectivity index (χ4n) is 3.84. The largest absolute Gasteiger partial charge is 0.215 e. The van der Waals surface area contributed by atoms with Gasteiger partial charge < -0.3 is 0 Å². The van der Waals surface area contributed by atoms with Crippen molar-refractivity contribution in [3.05, 3.63) is 99.8 Å². The van der Waals surface area contributed by atoms with E-state index in [9.17, 15) is 0 Å². The molecule has 0 N–H and O–H groups in total. The van der Waals surface area contributed by atoms with Crippen molar-refractivity contribution >= 4 is 15.9 Å². The third-order valence-electron chi connectivity index (χ3n) is 5.44. The Morgan fingerprint density at radius 2 is 1.36 bits per heavy atom. The normalized spacial score (nSPS) is 13.3. The molecule has 0 saturated carbocycles. The molecule has 0 spiro atoms. The van der Waals surface area contributed by atoms with Crippen molar-refractivity contribution in [2.75, 3.05) is 0 Å². The number of hydrogen-bond acceptors (Lipinski definition) is 2. The monoisotopic (exact) mass is 429 g/mol. The van der Waals surface area contributed by atoms with Gasteiger partial charge in [0, 0.05) is 10.0 Å². The van der Waals surface area contributed by atoms with E-state index in [1.807, 2.05) is 16.8 Å². The van der Waals surface area contributed by atoms with Crippen molar-refractivity contribution in [3.8, 4) is 17.1 Å². The third kappa shape index (κ3) is 3.40. The summed E-state index contributed by atoms with van der Waals surface area (Å²) in [6.07, 6.45) is 5.74. The van der Waals surface area contributed by atoms with Crippen LogP contribution >= 0.6 is 15.9 Å². The third-order valence-corrected chi connectivity index (χ3v) is 5.97. The molecule has 4 aromatic rings. The van der Waals surface area contributed by atoms with Crippen LogP contribution in [0.15, 0.2) is 77.5 Å². The highest BCUT2D eigenvalue weighted by atomic mass is 79.9. The second-order valence-corrected chi connectivity index (χ2v) is 8.20. The quantitative estimate of drug-likeness (QED) is 0.416. The predicted octanol–water partition coefficient (Wildman–Crippen LogP) is 5.58. The van der Waals surface area contributed by atoms with Crippen molar-refractivity contribution in [1.82, 2.24) is 14.8 Å². The predicted molar refractivity (Wildman–Crippen MR) is 116 cm³/mol. The molecular formula is C24H20BrN3. The lowest BCUT2D eigenvalue weighted by Crippen LogP contribution is -2.04. The van der Waals surface area contributed by atoms with Crippen LogP contribution in [0, 0.1) is 0 Å². The van der Waals surface area contributed by atoms with Crippen molar-refractivity contribution in [1.29, 1.82) is 0 Å². The first-order valence-corrected chi connectivity index (χ1v) is 10.4. The lowest BCUT2D eigenvalue weighted by atomic mass is 9.93. The maximum atomic E-state index is 4.64. The number of hydrogen-bond donors (Lipinski definition) is 0. The zero-order chi connectivity index (χ0) is 18.9. The summed E-state index contributed by atoms with van der Waals surface area (Å²) in [5.74, 6) is 0.908. The molecular weight excluding hydrogens is 410 g/mol. The van der Waals surface area contributed by atoms with Crippen molar-refractivity contribution in [2.24, 2.45) is 0 Å². The molecule has 0 unspecified atom stereocenters. The average Bonchev–Trinajstić information content (AvgIpc) is 3.20. The van der Waals surface area contributed by atoms with Gasteiger partial charge in [0.2, 0.25) is 0 Å². The summed E-state index contributed by atoms with van der Waals surface area (Å²) in [4.78, 5) is 4.64. The Kier molecular flexibility index (Phi) is 4.57. The van der Waals surface area contributed by atoms with Crippen LogP contribution in [0.5, 0.6) is 0 Å². The molecule has 138 valence electrons. The van der Waals surface area contributed by atoms with Gasteiger partial charge in [0.15, 0.2) is 5.82 Å². The van der Waals surface area contributed by atoms with E-state index in [1.54, 1.807) is 6.33 Å². The number of aryl methyl sites for hydroxylation is 4. The van der Waals surface area contributed by atoms with Gasteiger partial charge in [-0.25, -0.2) is 9.67 Å². The van der Waals surface area contributed by atoms with E-state index in [0.29, 0.717) is 0 Å². The average molecular weight is 430 g/mol. The van der Waals surface area contributed by atoms with Gasteiger partial charge >= 0.3 is 0 Å². The molecule has 1 aromatic heterocycles. The van der Waals surface area contributed by atoms with Crippen molar-refractivity contribution in [2.45, 2.75) is 25.7 Å². The molecule has 0 fully saturated rings. The molecule has 0 amide bonds. The highest BCUT2D eigenvalue weighted by molar-refractivity contribution is 9.10. The Morgan fingerprint density at radius 3 is 2.11 bits per heavy atom. The molecule has 28 heavy (non-hydrogen) atoms. The molecule has 4 bridgehead atoms. The topological polar surface area (TPSA) is 30.7 Å². The Balaban J connectivity index is 1.60. The smallest absolute Gasteiger partial charge is 0.163 e. The van der Waals surface area contributed by atoms with Gasteiger partial charge in [-0.2, -0.15) is 5.10 Å². The maximum Gasteiger partial charge on any atom is 0.163 e. The standard InChI is InChI=1S/C24H20BrN3/c25-21-11-13-22(14-12-21)28-24(26-16-27-28)23-15-19-6-5-17-1-3-18(4-2-17)7-9-20(23)10-8-19/h1-4,8,10-16H,5-7,9H2. The van der Waals surface area contributed by atoms with E-state index in [1.165, 1.54) is 27.8 Å². The SMILES string of the molecule is Brc1ccc(-n2ncnc2-c2cc3ccc2CCc2ccc(cc2)CC3)cc1. The lowest BCUT2D eigenvalue weighted by molar-refractivity contribution is 0.877. The molecule has 0 radical (unpaired) electrons. The van der Waals surface area contributed by atoms with E-state index >= 15 is 0 Å². The molecule has 4 aliphatic carbocycles. The molecule has 3 nitrogen and oxygen atoms in total. The maximum absolute atomic E-state index is 4.64. The van der Waals surface area contributed by atoms with E-state index in [-0.39, 0.29) is 0 Å². The number of halogens is 1. The first kappa shape index (κ1) is 17.4. The van der Waals surface area contributed by atoms with Crippen LogP contribution in [0.4, 0.5) is 0 Å². The summed E-state index contributed by atoms with van der Waals surface area (Å²) in [6.45, 7) is 0. The van der Waals surface area contributed by atoms with Crippen LogP contribution in [-0.4, -0.2) is 14.8 Å². The Morgan fingerprint density at radius 1 is 0.714 bits per heavy atom. The van der Waals surface area contributed by atoms with Gasteiger partial charge in [0.05, 0.1) is 5.69 Å². The number of benzene rings is 3. The molecule has 0 saturated heterocycles. The van der Waals surface area contributed by atoms with E-state index in [2.05, 4.69) is 80.6 Å². The van der Waals surface area contributed by atoms with E-state index < -0.39 is 0 Å². The summed E-state index contributed by atoms with van der Waals surface area (Å²) in [6, 6.07) is 24.1. The van der Waals surface area contributed by atoms with Crippen LogP contribution in [0.25, 0.3) is 17.1 Å². The second-order valence-electron chi connectivity index (χ2n) is 7.28. The summed E-state index contributed by atoms with van der Waals surface area (Å²) < 4.78 is 3.00. The molecule has 0 aliphatic heterocycles.